The van der Waals surface area contributed by atoms with Crippen molar-refractivity contribution in [2.24, 2.45) is 0 Å². The first-order chi connectivity index (χ1) is 14.4. The topological polar surface area (TPSA) is 64.6 Å². The van der Waals surface area contributed by atoms with E-state index in [4.69, 9.17) is 21.1 Å². The molecule has 1 N–H and O–H groups in total. The first-order valence-corrected chi connectivity index (χ1v) is 9.85. The van der Waals surface area contributed by atoms with Crippen molar-refractivity contribution in [2.45, 2.75) is 26.6 Å². The van der Waals surface area contributed by atoms with Crippen LogP contribution in [0.1, 0.15) is 28.4 Å². The zero-order chi connectivity index (χ0) is 21.5. The van der Waals surface area contributed by atoms with Gasteiger partial charge in [-0.3, -0.25) is 4.79 Å². The Morgan fingerprint density at radius 2 is 1.67 bits per heavy atom. The van der Waals surface area contributed by atoms with Crippen LogP contribution in [0, 0.1) is 6.92 Å². The number of esters is 1. The highest BCUT2D eigenvalue weighted by Crippen LogP contribution is 2.24. The number of carbonyl (C=O) groups is 2. The number of anilines is 1. The molecule has 0 aromatic heterocycles. The third-order valence-corrected chi connectivity index (χ3v) is 4.91. The van der Waals surface area contributed by atoms with E-state index in [2.05, 4.69) is 5.32 Å². The maximum atomic E-state index is 12.5. The predicted molar refractivity (Wildman–Crippen MR) is 117 cm³/mol. The molecule has 0 aliphatic heterocycles. The Labute approximate surface area is 180 Å². The molecule has 0 aliphatic rings. The van der Waals surface area contributed by atoms with Gasteiger partial charge in [-0.1, -0.05) is 48.0 Å². The molecule has 6 heteroatoms. The van der Waals surface area contributed by atoms with Gasteiger partial charge in [0.25, 0.3) is 5.91 Å². The van der Waals surface area contributed by atoms with E-state index in [-0.39, 0.29) is 12.5 Å². The van der Waals surface area contributed by atoms with Crippen LogP contribution in [-0.2, 0) is 16.1 Å². The lowest BCUT2D eigenvalue weighted by Crippen LogP contribution is -2.26. The van der Waals surface area contributed by atoms with E-state index in [9.17, 15) is 9.59 Å². The summed E-state index contributed by atoms with van der Waals surface area (Å²) < 4.78 is 10.9. The third kappa shape index (κ3) is 5.61. The fourth-order valence-corrected chi connectivity index (χ4v) is 2.90. The summed E-state index contributed by atoms with van der Waals surface area (Å²) in [5.41, 5.74) is 2.82. The zero-order valence-corrected chi connectivity index (χ0v) is 17.5. The Bertz CT molecular complexity index is 1020. The molecular weight excluding hydrogens is 402 g/mol. The highest BCUT2D eigenvalue weighted by atomic mass is 35.5. The number of carbonyl (C=O) groups excluding carboxylic acids is 2. The van der Waals surface area contributed by atoms with Crippen LogP contribution in [0.4, 0.5) is 5.69 Å². The maximum absolute atomic E-state index is 12.5. The molecule has 30 heavy (non-hydrogen) atoms. The van der Waals surface area contributed by atoms with Crippen LogP contribution in [0.25, 0.3) is 0 Å². The Morgan fingerprint density at radius 1 is 0.967 bits per heavy atom. The standard InChI is InChI=1S/C24H22ClNO4/c1-16-21(25)9-6-10-22(16)26-23(27)19-11-13-20(14-12-19)30-17(2)24(28)29-15-18-7-4-3-5-8-18/h3-14,17H,15H2,1-2H3,(H,26,27). The molecule has 1 amide bonds. The quantitative estimate of drug-likeness (QED) is 0.516. The second kappa shape index (κ2) is 9.94. The van der Waals surface area contributed by atoms with Gasteiger partial charge in [-0.15, -0.1) is 0 Å². The van der Waals surface area contributed by atoms with Crippen molar-refractivity contribution in [1.29, 1.82) is 0 Å². The summed E-state index contributed by atoms with van der Waals surface area (Å²) in [7, 11) is 0. The lowest BCUT2D eigenvalue weighted by Gasteiger charge is -2.14. The van der Waals surface area contributed by atoms with Crippen molar-refractivity contribution >= 4 is 29.2 Å². The molecule has 5 nitrogen and oxygen atoms in total. The summed E-state index contributed by atoms with van der Waals surface area (Å²) in [6.07, 6.45) is -0.775. The molecule has 3 aromatic rings. The summed E-state index contributed by atoms with van der Waals surface area (Å²) in [5.74, 6) is -0.256. The van der Waals surface area contributed by atoms with Crippen molar-refractivity contribution in [3.63, 3.8) is 0 Å². The van der Waals surface area contributed by atoms with Gasteiger partial charge in [0.05, 0.1) is 0 Å². The van der Waals surface area contributed by atoms with Crippen LogP contribution in [0.3, 0.4) is 0 Å². The first kappa shape index (κ1) is 21.4. The van der Waals surface area contributed by atoms with Gasteiger partial charge in [0.1, 0.15) is 12.4 Å². The molecule has 1 atom stereocenters. The summed E-state index contributed by atoms with van der Waals surface area (Å²) in [5, 5.41) is 3.43. The van der Waals surface area contributed by atoms with Gasteiger partial charge in [0.2, 0.25) is 0 Å². The molecule has 0 saturated carbocycles. The van der Waals surface area contributed by atoms with Crippen LogP contribution in [-0.4, -0.2) is 18.0 Å². The number of hydrogen-bond acceptors (Lipinski definition) is 4. The van der Waals surface area contributed by atoms with Gasteiger partial charge in [-0.25, -0.2) is 4.79 Å². The van der Waals surface area contributed by atoms with Gasteiger partial charge in [-0.2, -0.15) is 0 Å². The fourth-order valence-electron chi connectivity index (χ4n) is 2.72. The van der Waals surface area contributed by atoms with Crippen LogP contribution >= 0.6 is 11.6 Å². The zero-order valence-electron chi connectivity index (χ0n) is 16.7. The minimum Gasteiger partial charge on any atom is -0.479 e. The van der Waals surface area contributed by atoms with E-state index in [0.717, 1.165) is 11.1 Å². The Balaban J connectivity index is 1.55. The molecule has 0 heterocycles. The monoisotopic (exact) mass is 423 g/mol. The SMILES string of the molecule is Cc1c(Cl)cccc1NC(=O)c1ccc(OC(C)C(=O)OCc2ccccc2)cc1. The van der Waals surface area contributed by atoms with Crippen molar-refractivity contribution in [2.75, 3.05) is 5.32 Å². The van der Waals surface area contributed by atoms with Crippen molar-refractivity contribution in [3.8, 4) is 5.75 Å². The molecule has 3 rings (SSSR count). The number of amides is 1. The van der Waals surface area contributed by atoms with E-state index in [0.29, 0.717) is 22.0 Å². The van der Waals surface area contributed by atoms with Crippen LogP contribution in [0.5, 0.6) is 5.75 Å². The number of hydrogen-bond donors (Lipinski definition) is 1. The Hall–Kier alpha value is -3.31. The smallest absolute Gasteiger partial charge is 0.347 e. The van der Waals surface area contributed by atoms with E-state index in [1.807, 2.05) is 37.3 Å². The molecule has 0 fully saturated rings. The molecule has 0 aliphatic carbocycles. The minimum atomic E-state index is -0.775. The number of nitrogens with one attached hydrogen (secondary N) is 1. The number of rotatable bonds is 7. The Morgan fingerprint density at radius 3 is 2.37 bits per heavy atom. The maximum Gasteiger partial charge on any atom is 0.347 e. The van der Waals surface area contributed by atoms with Crippen LogP contribution in [0.2, 0.25) is 5.02 Å². The predicted octanol–water partition coefficient (Wildman–Crippen LogP) is 5.41. The molecule has 0 radical (unpaired) electrons. The van der Waals surface area contributed by atoms with E-state index < -0.39 is 12.1 Å². The second-order valence-corrected chi connectivity index (χ2v) is 7.15. The Kier molecular flexibility index (Phi) is 7.09. The van der Waals surface area contributed by atoms with Crippen LogP contribution < -0.4 is 10.1 Å². The lowest BCUT2D eigenvalue weighted by atomic mass is 10.1. The highest BCUT2D eigenvalue weighted by molar-refractivity contribution is 6.31. The molecule has 1 unspecified atom stereocenters. The van der Waals surface area contributed by atoms with Gasteiger partial charge < -0.3 is 14.8 Å². The van der Waals surface area contributed by atoms with E-state index in [1.54, 1.807) is 49.4 Å². The number of benzene rings is 3. The molecule has 154 valence electrons. The van der Waals surface area contributed by atoms with Crippen LogP contribution in [0.15, 0.2) is 72.8 Å². The van der Waals surface area contributed by atoms with E-state index in [1.165, 1.54) is 0 Å². The third-order valence-electron chi connectivity index (χ3n) is 4.50. The molecule has 0 saturated heterocycles. The van der Waals surface area contributed by atoms with Gasteiger partial charge in [0.15, 0.2) is 6.10 Å². The summed E-state index contributed by atoms with van der Waals surface area (Å²) in [4.78, 5) is 24.6. The molecule has 0 spiro atoms. The average Bonchev–Trinajstić information content (AvgIpc) is 2.76. The largest absolute Gasteiger partial charge is 0.479 e. The van der Waals surface area contributed by atoms with Crippen molar-refractivity contribution in [1.82, 2.24) is 0 Å². The van der Waals surface area contributed by atoms with E-state index >= 15 is 0 Å². The lowest BCUT2D eigenvalue weighted by molar-refractivity contribution is -0.152. The first-order valence-electron chi connectivity index (χ1n) is 9.48. The molecule has 3 aromatic carbocycles. The second-order valence-electron chi connectivity index (χ2n) is 6.74. The summed E-state index contributed by atoms with van der Waals surface area (Å²) >= 11 is 6.09. The number of ether oxygens (including phenoxy) is 2. The van der Waals surface area contributed by atoms with Gasteiger partial charge in [-0.05, 0) is 61.4 Å². The molecular formula is C24H22ClNO4. The fraction of sp³-hybridized carbons (Fsp3) is 0.167. The number of halogens is 1. The summed E-state index contributed by atoms with van der Waals surface area (Å²) in [6.45, 7) is 3.65. The summed E-state index contributed by atoms with van der Waals surface area (Å²) in [6, 6.07) is 21.3. The van der Waals surface area contributed by atoms with Gasteiger partial charge >= 0.3 is 5.97 Å². The average molecular weight is 424 g/mol. The van der Waals surface area contributed by atoms with Crippen molar-refractivity contribution < 1.29 is 19.1 Å². The normalized spacial score (nSPS) is 11.4. The van der Waals surface area contributed by atoms with Crippen molar-refractivity contribution in [3.05, 3.63) is 94.5 Å². The minimum absolute atomic E-state index is 0.190. The highest BCUT2D eigenvalue weighted by Gasteiger charge is 2.17. The van der Waals surface area contributed by atoms with Gasteiger partial charge in [0, 0.05) is 16.3 Å². The molecule has 0 bridgehead atoms.